The molecule has 1 unspecified atom stereocenters. The van der Waals surface area contributed by atoms with Gasteiger partial charge < -0.3 is 10.4 Å². The van der Waals surface area contributed by atoms with Crippen LogP contribution in [-0.4, -0.2) is 26.8 Å². The molecule has 1 heterocycles. The van der Waals surface area contributed by atoms with Crippen molar-refractivity contribution in [1.82, 2.24) is 15.1 Å². The molecule has 6 nitrogen and oxygen atoms in total. The monoisotopic (exact) mass is 379 g/mol. The third-order valence-electron chi connectivity index (χ3n) is 4.86. The lowest BCUT2D eigenvalue weighted by molar-refractivity contribution is -0.137. The van der Waals surface area contributed by atoms with Gasteiger partial charge in [0, 0.05) is 12.1 Å². The van der Waals surface area contributed by atoms with Crippen LogP contribution < -0.4 is 5.32 Å². The molecule has 28 heavy (non-hydrogen) atoms. The van der Waals surface area contributed by atoms with Crippen molar-refractivity contribution in [2.45, 2.75) is 45.7 Å². The van der Waals surface area contributed by atoms with Crippen molar-refractivity contribution in [2.75, 3.05) is 0 Å². The summed E-state index contributed by atoms with van der Waals surface area (Å²) in [5.74, 6) is -1.15. The van der Waals surface area contributed by atoms with E-state index >= 15 is 0 Å². The summed E-state index contributed by atoms with van der Waals surface area (Å²) in [5.41, 5.74) is 2.71. The van der Waals surface area contributed by atoms with Crippen LogP contribution in [-0.2, 0) is 9.59 Å². The Morgan fingerprint density at radius 3 is 2.50 bits per heavy atom. The van der Waals surface area contributed by atoms with Gasteiger partial charge in [0.2, 0.25) is 5.91 Å². The van der Waals surface area contributed by atoms with Crippen LogP contribution in [0.3, 0.4) is 0 Å². The number of amides is 1. The van der Waals surface area contributed by atoms with Crippen LogP contribution in [0.1, 0.15) is 48.8 Å². The molecule has 2 atom stereocenters. The standard InChI is InChI=1S/C22H25N3O3/c1-14-11-15(2)25(24-14)16(3)12-21(26)23-20(13-22(27)28)19-10-6-8-17-7-4-5-9-18(17)19/h4-11,16,20H,12-13H2,1-3H3,(H,23,26)(H,27,28)/t16?,20-/m1/s1. The molecule has 6 heteroatoms. The van der Waals surface area contributed by atoms with Crippen LogP contribution in [0.5, 0.6) is 0 Å². The number of rotatable bonds is 7. The predicted molar refractivity (Wildman–Crippen MR) is 108 cm³/mol. The number of carboxylic acid groups (broad SMARTS) is 1. The molecule has 1 aromatic heterocycles. The second-order valence-corrected chi connectivity index (χ2v) is 7.21. The normalized spacial score (nSPS) is 13.2. The lowest BCUT2D eigenvalue weighted by atomic mass is 9.96. The third-order valence-corrected chi connectivity index (χ3v) is 4.86. The Balaban J connectivity index is 1.81. The van der Waals surface area contributed by atoms with E-state index in [1.165, 1.54) is 0 Å². The first-order chi connectivity index (χ1) is 13.3. The Morgan fingerprint density at radius 1 is 1.11 bits per heavy atom. The predicted octanol–water partition coefficient (Wildman–Crippen LogP) is 3.94. The van der Waals surface area contributed by atoms with E-state index in [-0.39, 0.29) is 24.8 Å². The molecule has 0 radical (unpaired) electrons. The van der Waals surface area contributed by atoms with Crippen molar-refractivity contribution < 1.29 is 14.7 Å². The third kappa shape index (κ3) is 4.39. The van der Waals surface area contributed by atoms with E-state index in [1.54, 1.807) is 0 Å². The molecule has 0 saturated carbocycles. The largest absolute Gasteiger partial charge is 0.481 e. The maximum atomic E-state index is 12.7. The van der Waals surface area contributed by atoms with Crippen LogP contribution >= 0.6 is 0 Å². The number of aromatic nitrogens is 2. The molecule has 0 spiro atoms. The molecule has 3 rings (SSSR count). The average Bonchev–Trinajstić information content (AvgIpc) is 2.98. The van der Waals surface area contributed by atoms with Gasteiger partial charge >= 0.3 is 5.97 Å². The summed E-state index contributed by atoms with van der Waals surface area (Å²) in [6.07, 6.45) is 0.0525. The summed E-state index contributed by atoms with van der Waals surface area (Å²) in [4.78, 5) is 24.1. The van der Waals surface area contributed by atoms with Gasteiger partial charge in [0.1, 0.15) is 0 Å². The minimum Gasteiger partial charge on any atom is -0.481 e. The Hall–Kier alpha value is -3.15. The lowest BCUT2D eigenvalue weighted by Gasteiger charge is -2.21. The number of aryl methyl sites for hydroxylation is 2. The van der Waals surface area contributed by atoms with Gasteiger partial charge in [0.15, 0.2) is 0 Å². The van der Waals surface area contributed by atoms with Crippen molar-refractivity contribution in [3.63, 3.8) is 0 Å². The molecule has 3 aromatic rings. The molecule has 2 aromatic carbocycles. The fraction of sp³-hybridized carbons (Fsp3) is 0.318. The fourth-order valence-electron chi connectivity index (χ4n) is 3.67. The number of nitrogens with zero attached hydrogens (tertiary/aromatic N) is 2. The van der Waals surface area contributed by atoms with Crippen molar-refractivity contribution in [3.05, 3.63) is 65.5 Å². The van der Waals surface area contributed by atoms with Gasteiger partial charge in [-0.05, 0) is 43.2 Å². The number of carboxylic acids is 1. The quantitative estimate of drug-likeness (QED) is 0.651. The van der Waals surface area contributed by atoms with E-state index in [2.05, 4.69) is 10.4 Å². The number of carbonyl (C=O) groups excluding carboxylic acids is 1. The zero-order chi connectivity index (χ0) is 20.3. The van der Waals surface area contributed by atoms with Gasteiger partial charge in [0.25, 0.3) is 0 Å². The summed E-state index contributed by atoms with van der Waals surface area (Å²) in [5, 5.41) is 18.7. The van der Waals surface area contributed by atoms with E-state index < -0.39 is 12.0 Å². The fourth-order valence-corrected chi connectivity index (χ4v) is 3.67. The topological polar surface area (TPSA) is 84.2 Å². The molecule has 0 fully saturated rings. The summed E-state index contributed by atoms with van der Waals surface area (Å²) >= 11 is 0. The minimum atomic E-state index is -0.954. The Morgan fingerprint density at radius 2 is 1.82 bits per heavy atom. The molecule has 0 saturated heterocycles. The van der Waals surface area contributed by atoms with Gasteiger partial charge in [-0.15, -0.1) is 0 Å². The smallest absolute Gasteiger partial charge is 0.305 e. The van der Waals surface area contributed by atoms with E-state index in [9.17, 15) is 14.7 Å². The highest BCUT2D eigenvalue weighted by Gasteiger charge is 2.22. The zero-order valence-electron chi connectivity index (χ0n) is 16.3. The number of aliphatic carboxylic acids is 1. The summed E-state index contributed by atoms with van der Waals surface area (Å²) in [6.45, 7) is 5.81. The number of fused-ring (bicyclic) bond motifs is 1. The van der Waals surface area contributed by atoms with Gasteiger partial charge in [-0.25, -0.2) is 0 Å². The second-order valence-electron chi connectivity index (χ2n) is 7.21. The molecular weight excluding hydrogens is 354 g/mol. The molecule has 0 aliphatic carbocycles. The van der Waals surface area contributed by atoms with Crippen LogP contribution in [0.25, 0.3) is 10.8 Å². The average molecular weight is 379 g/mol. The van der Waals surface area contributed by atoms with Gasteiger partial charge in [-0.2, -0.15) is 5.10 Å². The highest BCUT2D eigenvalue weighted by atomic mass is 16.4. The van der Waals surface area contributed by atoms with Crippen molar-refractivity contribution in [1.29, 1.82) is 0 Å². The number of hydrogen-bond acceptors (Lipinski definition) is 3. The zero-order valence-corrected chi connectivity index (χ0v) is 16.3. The Bertz CT molecular complexity index is 1000. The van der Waals surface area contributed by atoms with Gasteiger partial charge in [0.05, 0.1) is 24.2 Å². The van der Waals surface area contributed by atoms with E-state index in [1.807, 2.05) is 74.0 Å². The summed E-state index contributed by atoms with van der Waals surface area (Å²) in [6, 6.07) is 14.8. The molecule has 1 amide bonds. The van der Waals surface area contributed by atoms with Crippen molar-refractivity contribution in [3.8, 4) is 0 Å². The summed E-state index contributed by atoms with van der Waals surface area (Å²) < 4.78 is 1.83. The van der Waals surface area contributed by atoms with E-state index in [0.29, 0.717) is 0 Å². The van der Waals surface area contributed by atoms with Crippen molar-refractivity contribution >= 4 is 22.6 Å². The first kappa shape index (κ1) is 19.6. The van der Waals surface area contributed by atoms with Gasteiger partial charge in [-0.3, -0.25) is 14.3 Å². The Kier molecular flexibility index (Phi) is 5.78. The minimum absolute atomic E-state index is 0.119. The number of nitrogens with one attached hydrogen (secondary N) is 1. The summed E-state index contributed by atoms with van der Waals surface area (Å²) in [7, 11) is 0. The molecule has 2 N–H and O–H groups in total. The van der Waals surface area contributed by atoms with Crippen LogP contribution in [0.15, 0.2) is 48.5 Å². The number of hydrogen-bond donors (Lipinski definition) is 2. The van der Waals surface area contributed by atoms with E-state index in [4.69, 9.17) is 0 Å². The second kappa shape index (κ2) is 8.25. The van der Waals surface area contributed by atoms with Crippen LogP contribution in [0, 0.1) is 13.8 Å². The number of carbonyl (C=O) groups is 2. The SMILES string of the molecule is Cc1cc(C)n(C(C)CC(=O)N[C@H](CC(=O)O)c2cccc3ccccc23)n1. The van der Waals surface area contributed by atoms with Crippen LogP contribution in [0.4, 0.5) is 0 Å². The van der Waals surface area contributed by atoms with Gasteiger partial charge in [-0.1, -0.05) is 42.5 Å². The lowest BCUT2D eigenvalue weighted by Crippen LogP contribution is -2.32. The molecule has 0 bridgehead atoms. The number of benzene rings is 2. The van der Waals surface area contributed by atoms with Crippen LogP contribution in [0.2, 0.25) is 0 Å². The Labute approximate surface area is 164 Å². The molecular formula is C22H25N3O3. The van der Waals surface area contributed by atoms with Crippen molar-refractivity contribution in [2.24, 2.45) is 0 Å². The molecule has 0 aliphatic heterocycles. The highest BCUT2D eigenvalue weighted by Crippen LogP contribution is 2.27. The molecule has 146 valence electrons. The maximum Gasteiger partial charge on any atom is 0.305 e. The first-order valence-electron chi connectivity index (χ1n) is 9.36. The molecule has 0 aliphatic rings. The van der Waals surface area contributed by atoms with E-state index in [0.717, 1.165) is 27.7 Å². The maximum absolute atomic E-state index is 12.7. The highest BCUT2D eigenvalue weighted by molar-refractivity contribution is 5.87. The first-order valence-corrected chi connectivity index (χ1v) is 9.36.